The van der Waals surface area contributed by atoms with Crippen molar-refractivity contribution in [3.05, 3.63) is 61.8 Å². The molecule has 0 rings (SSSR count). The minimum Gasteiger partial charge on any atom is -0.0988 e. The summed E-state index contributed by atoms with van der Waals surface area (Å²) in [7, 11) is 0. The van der Waals surface area contributed by atoms with E-state index in [1.807, 2.05) is 12.2 Å². The van der Waals surface area contributed by atoms with Gasteiger partial charge < -0.3 is 0 Å². The van der Waals surface area contributed by atoms with E-state index in [1.54, 1.807) is 0 Å². The molecule has 0 spiro atoms. The Balaban J connectivity index is 3.45. The first-order valence-electron chi connectivity index (χ1n) is 4.96. The Morgan fingerprint density at radius 1 is 0.786 bits per heavy atom. The van der Waals surface area contributed by atoms with Crippen molar-refractivity contribution in [3.63, 3.8) is 0 Å². The molecule has 0 saturated carbocycles. The lowest BCUT2D eigenvalue weighted by Gasteiger charge is -1.95. The van der Waals surface area contributed by atoms with Crippen LogP contribution in [0.4, 0.5) is 0 Å². The van der Waals surface area contributed by atoms with Gasteiger partial charge in [0, 0.05) is 0 Å². The predicted octanol–water partition coefficient (Wildman–Crippen LogP) is 4.59. The molecule has 0 aliphatic rings. The normalized spacial score (nSPS) is 10.0. The van der Waals surface area contributed by atoms with Gasteiger partial charge in [0.1, 0.15) is 0 Å². The molecule has 0 radical (unpaired) electrons. The third kappa shape index (κ3) is 7.35. The highest BCUT2D eigenvalue weighted by atomic mass is 13.9. The van der Waals surface area contributed by atoms with Crippen LogP contribution in [0.2, 0.25) is 0 Å². The Morgan fingerprint density at radius 3 is 1.43 bits per heavy atom. The van der Waals surface area contributed by atoms with Crippen molar-refractivity contribution in [1.82, 2.24) is 0 Å². The lowest BCUT2D eigenvalue weighted by Crippen LogP contribution is -1.75. The fraction of sp³-hybridized carbons (Fsp3) is 0.286. The summed E-state index contributed by atoms with van der Waals surface area (Å²) in [5.41, 5.74) is 2.20. The van der Waals surface area contributed by atoms with Gasteiger partial charge in [0.25, 0.3) is 0 Å². The van der Waals surface area contributed by atoms with Gasteiger partial charge in [-0.3, -0.25) is 0 Å². The average molecular weight is 188 g/mol. The van der Waals surface area contributed by atoms with Gasteiger partial charge in [-0.2, -0.15) is 0 Å². The van der Waals surface area contributed by atoms with Gasteiger partial charge in [-0.1, -0.05) is 61.8 Å². The zero-order valence-corrected chi connectivity index (χ0v) is 8.97. The van der Waals surface area contributed by atoms with Gasteiger partial charge in [-0.15, -0.1) is 0 Å². The van der Waals surface area contributed by atoms with E-state index < -0.39 is 0 Å². The van der Waals surface area contributed by atoms with E-state index in [-0.39, 0.29) is 0 Å². The second-order valence-corrected chi connectivity index (χ2v) is 3.27. The zero-order chi connectivity index (χ0) is 10.8. The molecule has 0 N–H and O–H groups in total. The maximum atomic E-state index is 3.85. The van der Waals surface area contributed by atoms with Gasteiger partial charge in [0.2, 0.25) is 0 Å². The van der Waals surface area contributed by atoms with E-state index in [9.17, 15) is 0 Å². The van der Waals surface area contributed by atoms with E-state index in [0.29, 0.717) is 0 Å². The van der Waals surface area contributed by atoms with Crippen molar-refractivity contribution in [3.8, 4) is 0 Å². The van der Waals surface area contributed by atoms with Gasteiger partial charge in [-0.25, -0.2) is 0 Å². The molecule has 0 aromatic heterocycles. The van der Waals surface area contributed by atoms with Crippen LogP contribution in [0.1, 0.15) is 25.7 Å². The molecule has 0 nitrogen and oxygen atoms in total. The zero-order valence-electron chi connectivity index (χ0n) is 8.97. The summed E-state index contributed by atoms with van der Waals surface area (Å²) in [4.78, 5) is 0. The number of hydrogen-bond acceptors (Lipinski definition) is 0. The van der Waals surface area contributed by atoms with Crippen LogP contribution in [0, 0.1) is 0 Å². The van der Waals surface area contributed by atoms with E-state index in [0.717, 1.165) is 36.8 Å². The fourth-order valence-corrected chi connectivity index (χ4v) is 0.977. The minimum absolute atomic E-state index is 1.00. The van der Waals surface area contributed by atoms with Gasteiger partial charge in [-0.05, 0) is 25.7 Å². The largest absolute Gasteiger partial charge is 0.0988 e. The van der Waals surface area contributed by atoms with E-state index in [2.05, 4.69) is 38.5 Å². The number of rotatable bonds is 8. The summed E-state index contributed by atoms with van der Waals surface area (Å²) in [6, 6.07) is 0. The maximum Gasteiger partial charge on any atom is -0.0250 e. The molecule has 0 unspecified atom stereocenters. The molecule has 0 aromatic carbocycles. The van der Waals surface area contributed by atoms with E-state index in [1.165, 1.54) is 0 Å². The molecule has 0 aliphatic heterocycles. The minimum atomic E-state index is 1.00. The average Bonchev–Trinajstić information content (AvgIpc) is 2.22. The molecule has 0 fully saturated rings. The lowest BCUT2D eigenvalue weighted by atomic mass is 10.1. The van der Waals surface area contributed by atoms with Crippen LogP contribution in [0.15, 0.2) is 61.8 Å². The smallest absolute Gasteiger partial charge is 0.0250 e. The third-order valence-corrected chi connectivity index (χ3v) is 2.01. The quantitative estimate of drug-likeness (QED) is 0.386. The van der Waals surface area contributed by atoms with Crippen LogP contribution >= 0.6 is 0 Å². The first kappa shape index (κ1) is 12.7. The monoisotopic (exact) mass is 188 g/mol. The van der Waals surface area contributed by atoms with Crippen LogP contribution in [-0.2, 0) is 0 Å². The second-order valence-electron chi connectivity index (χ2n) is 3.27. The van der Waals surface area contributed by atoms with E-state index in [4.69, 9.17) is 0 Å². The molecule has 0 atom stereocenters. The summed E-state index contributed by atoms with van der Waals surface area (Å²) < 4.78 is 0. The molecule has 0 amide bonds. The maximum absolute atomic E-state index is 3.85. The fourth-order valence-electron chi connectivity index (χ4n) is 0.977. The molecular formula is C14H20. The molecule has 0 bridgehead atoms. The Bertz CT molecular complexity index is 215. The molecule has 76 valence electrons. The Labute approximate surface area is 88.0 Å². The summed E-state index contributed by atoms with van der Waals surface area (Å²) in [5, 5.41) is 0. The highest BCUT2D eigenvalue weighted by molar-refractivity contribution is 5.12. The van der Waals surface area contributed by atoms with Crippen molar-refractivity contribution in [2.45, 2.75) is 25.7 Å². The highest BCUT2D eigenvalue weighted by Gasteiger charge is 1.86. The SMILES string of the molecule is C=CC(=C)CC/C=C/CCC(=C)C=C. The number of hydrogen-bond donors (Lipinski definition) is 0. The molecule has 0 heteroatoms. The highest BCUT2D eigenvalue weighted by Crippen LogP contribution is 2.06. The standard InChI is InChI=1S/C14H20/c1-5-13(3)11-9-7-8-10-12-14(4)6-2/h5-8H,1-4,9-12H2/b8-7+. The summed E-state index contributed by atoms with van der Waals surface area (Å²) in [5.74, 6) is 0. The Morgan fingerprint density at radius 2 is 1.14 bits per heavy atom. The van der Waals surface area contributed by atoms with Crippen molar-refractivity contribution in [2.24, 2.45) is 0 Å². The third-order valence-electron chi connectivity index (χ3n) is 2.01. The first-order valence-corrected chi connectivity index (χ1v) is 4.96. The molecular weight excluding hydrogens is 168 g/mol. The predicted molar refractivity (Wildman–Crippen MR) is 66.3 cm³/mol. The van der Waals surface area contributed by atoms with Crippen LogP contribution in [0.5, 0.6) is 0 Å². The molecule has 0 aromatic rings. The van der Waals surface area contributed by atoms with Crippen molar-refractivity contribution >= 4 is 0 Å². The Hall–Kier alpha value is -1.30. The van der Waals surface area contributed by atoms with Crippen molar-refractivity contribution < 1.29 is 0 Å². The molecule has 0 saturated heterocycles. The lowest BCUT2D eigenvalue weighted by molar-refractivity contribution is 0.971. The topological polar surface area (TPSA) is 0 Å². The van der Waals surface area contributed by atoms with Gasteiger partial charge >= 0.3 is 0 Å². The number of allylic oxidation sites excluding steroid dienone is 6. The Kier molecular flexibility index (Phi) is 7.53. The van der Waals surface area contributed by atoms with Crippen LogP contribution in [0.25, 0.3) is 0 Å². The van der Waals surface area contributed by atoms with Crippen LogP contribution in [0.3, 0.4) is 0 Å². The van der Waals surface area contributed by atoms with Crippen molar-refractivity contribution in [1.29, 1.82) is 0 Å². The van der Waals surface area contributed by atoms with E-state index >= 15 is 0 Å². The summed E-state index contributed by atoms with van der Waals surface area (Å²) in [6.07, 6.45) is 12.1. The molecule has 0 aliphatic carbocycles. The molecule has 0 heterocycles. The van der Waals surface area contributed by atoms with Crippen LogP contribution in [-0.4, -0.2) is 0 Å². The van der Waals surface area contributed by atoms with Crippen LogP contribution < -0.4 is 0 Å². The van der Waals surface area contributed by atoms with Crippen molar-refractivity contribution in [2.75, 3.05) is 0 Å². The summed E-state index contributed by atoms with van der Waals surface area (Å²) >= 11 is 0. The molecule has 14 heavy (non-hydrogen) atoms. The van der Waals surface area contributed by atoms with Gasteiger partial charge in [0.05, 0.1) is 0 Å². The summed E-state index contributed by atoms with van der Waals surface area (Å²) in [6.45, 7) is 15.0. The second kappa shape index (κ2) is 8.31. The van der Waals surface area contributed by atoms with Gasteiger partial charge in [0.15, 0.2) is 0 Å². The first-order chi connectivity index (χ1) is 6.70.